The molecule has 0 aliphatic carbocycles. The molecule has 6 nitrogen and oxygen atoms in total. The maximum absolute atomic E-state index is 12.9. The molecule has 0 radical (unpaired) electrons. The Labute approximate surface area is 189 Å². The molecule has 0 atom stereocenters. The lowest BCUT2D eigenvalue weighted by molar-refractivity contribution is -0.119. The van der Waals surface area contributed by atoms with E-state index in [2.05, 4.69) is 10.6 Å². The molecule has 0 saturated heterocycles. The van der Waals surface area contributed by atoms with Crippen LogP contribution in [0.25, 0.3) is 0 Å². The van der Waals surface area contributed by atoms with Gasteiger partial charge in [0.25, 0.3) is 5.91 Å². The van der Waals surface area contributed by atoms with Gasteiger partial charge >= 0.3 is 5.97 Å². The van der Waals surface area contributed by atoms with Crippen molar-refractivity contribution in [1.29, 1.82) is 0 Å². The van der Waals surface area contributed by atoms with E-state index in [0.717, 1.165) is 5.56 Å². The standard InChI is InChI=1S/C24H21FN2O4S/c1-16-6-10-18(11-7-16)27-23(29)15-32-21-5-3-2-4-20(21)24(30)31-14-22(28)26-19-12-8-17(25)9-13-19/h2-13H,14-15H2,1H3,(H,26,28)(H,27,29). The SMILES string of the molecule is Cc1ccc(NC(=O)CSc2ccccc2C(=O)OCC(=O)Nc2ccc(F)cc2)cc1. The molecule has 2 N–H and O–H groups in total. The zero-order chi connectivity index (χ0) is 22.9. The summed E-state index contributed by atoms with van der Waals surface area (Å²) in [5, 5.41) is 5.32. The lowest BCUT2D eigenvalue weighted by atomic mass is 10.2. The number of anilines is 2. The smallest absolute Gasteiger partial charge is 0.339 e. The van der Waals surface area contributed by atoms with Crippen LogP contribution in [0.15, 0.2) is 77.7 Å². The van der Waals surface area contributed by atoms with Crippen molar-refractivity contribution in [3.63, 3.8) is 0 Å². The number of hydrogen-bond donors (Lipinski definition) is 2. The Morgan fingerprint density at radius 2 is 1.44 bits per heavy atom. The highest BCUT2D eigenvalue weighted by Gasteiger charge is 2.16. The number of thioether (sulfide) groups is 1. The summed E-state index contributed by atoms with van der Waals surface area (Å²) >= 11 is 1.20. The largest absolute Gasteiger partial charge is 0.452 e. The summed E-state index contributed by atoms with van der Waals surface area (Å²) in [7, 11) is 0. The van der Waals surface area contributed by atoms with E-state index < -0.39 is 24.3 Å². The lowest BCUT2D eigenvalue weighted by Gasteiger charge is -2.10. The summed E-state index contributed by atoms with van der Waals surface area (Å²) in [4.78, 5) is 37.3. The van der Waals surface area contributed by atoms with Crippen molar-refractivity contribution in [3.05, 3.63) is 89.7 Å². The van der Waals surface area contributed by atoms with Crippen molar-refractivity contribution in [2.75, 3.05) is 23.0 Å². The fourth-order valence-electron chi connectivity index (χ4n) is 2.68. The number of halogens is 1. The van der Waals surface area contributed by atoms with E-state index in [4.69, 9.17) is 4.74 Å². The van der Waals surface area contributed by atoms with E-state index in [-0.39, 0.29) is 17.2 Å². The molecule has 0 aromatic heterocycles. The van der Waals surface area contributed by atoms with Gasteiger partial charge in [-0.1, -0.05) is 29.8 Å². The molecule has 0 bridgehead atoms. The van der Waals surface area contributed by atoms with Crippen LogP contribution < -0.4 is 10.6 Å². The predicted molar refractivity (Wildman–Crippen MR) is 122 cm³/mol. The number of carbonyl (C=O) groups is 3. The van der Waals surface area contributed by atoms with Gasteiger partial charge in [0.15, 0.2) is 6.61 Å². The molecule has 0 aliphatic rings. The number of esters is 1. The summed E-state index contributed by atoms with van der Waals surface area (Å²) in [6.45, 7) is 1.47. The molecule has 0 fully saturated rings. The molecule has 32 heavy (non-hydrogen) atoms. The Morgan fingerprint density at radius 3 is 2.12 bits per heavy atom. The summed E-state index contributed by atoms with van der Waals surface area (Å²) in [5.74, 6) is -1.76. The van der Waals surface area contributed by atoms with Crippen molar-refractivity contribution in [2.45, 2.75) is 11.8 Å². The molecule has 0 heterocycles. The van der Waals surface area contributed by atoms with Crippen molar-refractivity contribution < 1.29 is 23.5 Å². The van der Waals surface area contributed by atoms with Gasteiger partial charge in [-0.3, -0.25) is 9.59 Å². The Kier molecular flexibility index (Phi) is 7.99. The van der Waals surface area contributed by atoms with Crippen LogP contribution in [0, 0.1) is 12.7 Å². The van der Waals surface area contributed by atoms with Crippen molar-refractivity contribution >= 4 is 40.9 Å². The van der Waals surface area contributed by atoms with Crippen LogP contribution in [-0.4, -0.2) is 30.1 Å². The van der Waals surface area contributed by atoms with Crippen LogP contribution in [0.5, 0.6) is 0 Å². The third-order valence-electron chi connectivity index (χ3n) is 4.26. The van der Waals surface area contributed by atoms with Gasteiger partial charge in [0.1, 0.15) is 5.82 Å². The Hall–Kier alpha value is -3.65. The molecule has 3 aromatic rings. The van der Waals surface area contributed by atoms with Gasteiger partial charge in [-0.25, -0.2) is 9.18 Å². The molecular weight excluding hydrogens is 431 g/mol. The number of ether oxygens (including phenoxy) is 1. The van der Waals surface area contributed by atoms with Crippen molar-refractivity contribution in [1.82, 2.24) is 0 Å². The van der Waals surface area contributed by atoms with Gasteiger partial charge in [0.05, 0.1) is 11.3 Å². The second-order valence-corrected chi connectivity index (χ2v) is 7.85. The first-order chi connectivity index (χ1) is 15.4. The number of hydrogen-bond acceptors (Lipinski definition) is 5. The third kappa shape index (κ3) is 6.95. The van der Waals surface area contributed by atoms with E-state index in [1.165, 1.54) is 36.0 Å². The number of nitrogens with one attached hydrogen (secondary N) is 2. The zero-order valence-electron chi connectivity index (χ0n) is 17.3. The third-order valence-corrected chi connectivity index (χ3v) is 5.34. The summed E-state index contributed by atoms with van der Waals surface area (Å²) in [5.41, 5.74) is 2.44. The highest BCUT2D eigenvalue weighted by molar-refractivity contribution is 8.00. The second-order valence-electron chi connectivity index (χ2n) is 6.83. The molecule has 0 spiro atoms. The fraction of sp³-hybridized carbons (Fsp3) is 0.125. The van der Waals surface area contributed by atoms with Crippen LogP contribution in [0.1, 0.15) is 15.9 Å². The first kappa shape index (κ1) is 23.0. The zero-order valence-corrected chi connectivity index (χ0v) is 18.1. The maximum atomic E-state index is 12.9. The molecule has 3 aromatic carbocycles. The first-order valence-electron chi connectivity index (χ1n) is 9.71. The van der Waals surface area contributed by atoms with Crippen LogP contribution in [-0.2, 0) is 14.3 Å². The monoisotopic (exact) mass is 452 g/mol. The van der Waals surface area contributed by atoms with Crippen LogP contribution >= 0.6 is 11.8 Å². The lowest BCUT2D eigenvalue weighted by Crippen LogP contribution is -2.21. The normalized spacial score (nSPS) is 10.3. The van der Waals surface area contributed by atoms with E-state index in [9.17, 15) is 18.8 Å². The quantitative estimate of drug-likeness (QED) is 0.384. The highest BCUT2D eigenvalue weighted by Crippen LogP contribution is 2.24. The molecule has 3 rings (SSSR count). The Bertz CT molecular complexity index is 1100. The summed E-state index contributed by atoms with van der Waals surface area (Å²) in [6.07, 6.45) is 0. The van der Waals surface area contributed by atoms with Crippen molar-refractivity contribution in [2.24, 2.45) is 0 Å². The Morgan fingerprint density at radius 1 is 0.844 bits per heavy atom. The highest BCUT2D eigenvalue weighted by atomic mass is 32.2. The molecule has 164 valence electrons. The van der Waals surface area contributed by atoms with Gasteiger partial charge in [-0.15, -0.1) is 11.8 Å². The minimum Gasteiger partial charge on any atom is -0.452 e. The van der Waals surface area contributed by atoms with Gasteiger partial charge in [-0.2, -0.15) is 0 Å². The van der Waals surface area contributed by atoms with E-state index in [1.807, 2.05) is 31.2 Å². The van der Waals surface area contributed by atoms with Gasteiger partial charge in [0, 0.05) is 16.3 Å². The van der Waals surface area contributed by atoms with Crippen LogP contribution in [0.2, 0.25) is 0 Å². The fourth-order valence-corrected chi connectivity index (χ4v) is 3.52. The van der Waals surface area contributed by atoms with E-state index >= 15 is 0 Å². The average molecular weight is 453 g/mol. The molecule has 0 aliphatic heterocycles. The number of amides is 2. The van der Waals surface area contributed by atoms with E-state index in [1.54, 1.807) is 24.3 Å². The minimum atomic E-state index is -0.679. The van der Waals surface area contributed by atoms with Gasteiger partial charge < -0.3 is 15.4 Å². The maximum Gasteiger partial charge on any atom is 0.339 e. The molecule has 0 unspecified atom stereocenters. The number of aryl methyl sites for hydroxylation is 1. The second kappa shape index (κ2) is 11.1. The summed E-state index contributed by atoms with van der Waals surface area (Å²) in [6, 6.07) is 19.4. The number of carbonyl (C=O) groups excluding carboxylic acids is 3. The van der Waals surface area contributed by atoms with Gasteiger partial charge in [0.2, 0.25) is 5.91 Å². The minimum absolute atomic E-state index is 0.100. The molecule has 8 heteroatoms. The predicted octanol–water partition coefficient (Wildman–Crippen LogP) is 4.66. The molecular formula is C24H21FN2O4S. The molecule has 2 amide bonds. The van der Waals surface area contributed by atoms with Gasteiger partial charge in [-0.05, 0) is 55.5 Å². The topological polar surface area (TPSA) is 84.5 Å². The Balaban J connectivity index is 1.52. The first-order valence-corrected chi connectivity index (χ1v) is 10.7. The summed E-state index contributed by atoms with van der Waals surface area (Å²) < 4.78 is 18.0. The van der Waals surface area contributed by atoms with Crippen LogP contribution in [0.4, 0.5) is 15.8 Å². The molecule has 0 saturated carbocycles. The van der Waals surface area contributed by atoms with Crippen LogP contribution in [0.3, 0.4) is 0 Å². The number of benzene rings is 3. The average Bonchev–Trinajstić information content (AvgIpc) is 2.79. The van der Waals surface area contributed by atoms with E-state index in [0.29, 0.717) is 16.3 Å². The van der Waals surface area contributed by atoms with Crippen molar-refractivity contribution in [3.8, 4) is 0 Å². The number of rotatable bonds is 8.